The van der Waals surface area contributed by atoms with Gasteiger partial charge in [-0.3, -0.25) is 0 Å². The summed E-state index contributed by atoms with van der Waals surface area (Å²) >= 11 is 0. The number of sulfonamides is 1. The third-order valence-corrected chi connectivity index (χ3v) is 5.17. The van der Waals surface area contributed by atoms with Crippen molar-refractivity contribution >= 4 is 10.0 Å². The molecule has 3 aromatic rings. The molecule has 0 fully saturated rings. The van der Waals surface area contributed by atoms with E-state index in [-0.39, 0.29) is 4.90 Å². The van der Waals surface area contributed by atoms with Crippen LogP contribution in [0.3, 0.4) is 0 Å². The van der Waals surface area contributed by atoms with E-state index in [9.17, 15) is 8.42 Å². The average molecular weight is 341 g/mol. The van der Waals surface area contributed by atoms with Gasteiger partial charge in [0.05, 0.1) is 10.6 Å². The average Bonchev–Trinajstić information content (AvgIpc) is 2.97. The Morgan fingerprint density at radius 2 is 1.62 bits per heavy atom. The molecule has 0 spiro atoms. The summed E-state index contributed by atoms with van der Waals surface area (Å²) < 4.78 is 29.0. The number of aryl methyl sites for hydroxylation is 1. The summed E-state index contributed by atoms with van der Waals surface area (Å²) in [5, 5.41) is 0. The fourth-order valence-corrected chi connectivity index (χ4v) is 3.55. The number of aromatic nitrogens is 2. The number of hydrogen-bond acceptors (Lipinski definition) is 3. The van der Waals surface area contributed by atoms with Crippen molar-refractivity contribution in [2.75, 3.05) is 6.54 Å². The van der Waals surface area contributed by atoms with Crippen molar-refractivity contribution < 1.29 is 8.42 Å². The fraction of sp³-hybridized carbons (Fsp3) is 0.167. The van der Waals surface area contributed by atoms with Gasteiger partial charge in [0, 0.05) is 24.8 Å². The van der Waals surface area contributed by atoms with E-state index in [1.165, 1.54) is 0 Å². The summed E-state index contributed by atoms with van der Waals surface area (Å²) in [7, 11) is -3.47. The van der Waals surface area contributed by atoms with Crippen LogP contribution in [0, 0.1) is 6.92 Å². The second-order valence-corrected chi connectivity index (χ2v) is 7.21. The lowest BCUT2D eigenvalue weighted by Gasteiger charge is -2.05. The highest BCUT2D eigenvalue weighted by Gasteiger charge is 2.13. The molecular formula is C18H19N3O2S. The monoisotopic (exact) mass is 341 g/mol. The zero-order chi connectivity index (χ0) is 17.0. The second-order valence-electron chi connectivity index (χ2n) is 5.45. The van der Waals surface area contributed by atoms with Crippen LogP contribution in [0.4, 0.5) is 0 Å². The van der Waals surface area contributed by atoms with Crippen LogP contribution in [0.2, 0.25) is 0 Å². The fourth-order valence-electron chi connectivity index (χ4n) is 2.50. The molecule has 0 unspecified atom stereocenters. The molecule has 0 radical (unpaired) electrons. The van der Waals surface area contributed by atoms with E-state index in [2.05, 4.69) is 9.71 Å². The van der Waals surface area contributed by atoms with Gasteiger partial charge in [0.1, 0.15) is 5.82 Å². The van der Waals surface area contributed by atoms with Gasteiger partial charge in [-0.2, -0.15) is 0 Å². The first-order chi connectivity index (χ1) is 11.6. The molecule has 1 heterocycles. The van der Waals surface area contributed by atoms with E-state index < -0.39 is 10.0 Å². The van der Waals surface area contributed by atoms with Crippen molar-refractivity contribution in [3.05, 3.63) is 78.4 Å². The van der Waals surface area contributed by atoms with Gasteiger partial charge in [0.15, 0.2) is 0 Å². The number of para-hydroxylation sites is 1. The first-order valence-electron chi connectivity index (χ1n) is 7.71. The Hall–Kier alpha value is -2.44. The van der Waals surface area contributed by atoms with Crippen LogP contribution in [0.25, 0.3) is 5.69 Å². The number of rotatable bonds is 6. The number of nitrogens with zero attached hydrogens (tertiary/aromatic N) is 2. The summed E-state index contributed by atoms with van der Waals surface area (Å²) in [6.07, 6.45) is 2.48. The number of hydrogen-bond donors (Lipinski definition) is 1. The molecule has 3 rings (SSSR count). The highest BCUT2D eigenvalue weighted by molar-refractivity contribution is 7.89. The second kappa shape index (κ2) is 6.98. The minimum Gasteiger partial charge on any atom is -0.304 e. The number of imidazole rings is 1. The summed E-state index contributed by atoms with van der Waals surface area (Å²) in [5.41, 5.74) is 1.89. The van der Waals surface area contributed by atoms with Crippen molar-refractivity contribution in [3.63, 3.8) is 0 Å². The van der Waals surface area contributed by atoms with E-state index in [4.69, 9.17) is 0 Å². The smallest absolute Gasteiger partial charge is 0.240 e. The Morgan fingerprint density at radius 3 is 2.29 bits per heavy atom. The zero-order valence-electron chi connectivity index (χ0n) is 13.4. The highest BCUT2D eigenvalue weighted by Crippen LogP contribution is 2.12. The van der Waals surface area contributed by atoms with Crippen molar-refractivity contribution in [1.29, 1.82) is 0 Å². The van der Waals surface area contributed by atoms with Gasteiger partial charge < -0.3 is 4.57 Å². The SMILES string of the molecule is Cc1nc(CCNS(=O)(=O)c2ccccc2)cn1-c1ccccc1. The first kappa shape index (κ1) is 16.4. The standard InChI is InChI=1S/C18H19N3O2S/c1-15-20-16(14-21(15)17-8-4-2-5-9-17)12-13-19-24(22,23)18-10-6-3-7-11-18/h2-11,14,19H,12-13H2,1H3. The van der Waals surface area contributed by atoms with Crippen LogP contribution in [0.15, 0.2) is 71.8 Å². The van der Waals surface area contributed by atoms with Gasteiger partial charge in [-0.05, 0) is 31.2 Å². The third-order valence-electron chi connectivity index (χ3n) is 3.69. The van der Waals surface area contributed by atoms with E-state index in [1.807, 2.05) is 48.0 Å². The summed E-state index contributed by atoms with van der Waals surface area (Å²) in [6.45, 7) is 2.24. The summed E-state index contributed by atoms with van der Waals surface area (Å²) in [6, 6.07) is 18.3. The van der Waals surface area contributed by atoms with Crippen LogP contribution in [-0.2, 0) is 16.4 Å². The lowest BCUT2D eigenvalue weighted by molar-refractivity contribution is 0.581. The maximum absolute atomic E-state index is 12.2. The van der Waals surface area contributed by atoms with Gasteiger partial charge in [-0.15, -0.1) is 0 Å². The molecule has 0 aliphatic carbocycles. The predicted octanol–water partition coefficient (Wildman–Crippen LogP) is 2.70. The quantitative estimate of drug-likeness (QED) is 0.750. The normalized spacial score (nSPS) is 11.5. The van der Waals surface area contributed by atoms with E-state index in [0.717, 1.165) is 17.2 Å². The third kappa shape index (κ3) is 3.72. The Balaban J connectivity index is 1.66. The molecular weight excluding hydrogens is 322 g/mol. The highest BCUT2D eigenvalue weighted by atomic mass is 32.2. The van der Waals surface area contributed by atoms with Crippen LogP contribution in [0.1, 0.15) is 11.5 Å². The zero-order valence-corrected chi connectivity index (χ0v) is 14.2. The molecule has 24 heavy (non-hydrogen) atoms. The van der Waals surface area contributed by atoms with Crippen molar-refractivity contribution in [3.8, 4) is 5.69 Å². The Labute approximate surface area is 142 Å². The van der Waals surface area contributed by atoms with Gasteiger partial charge in [-0.1, -0.05) is 36.4 Å². The van der Waals surface area contributed by atoms with Crippen molar-refractivity contribution in [2.45, 2.75) is 18.2 Å². The van der Waals surface area contributed by atoms with Gasteiger partial charge >= 0.3 is 0 Å². The first-order valence-corrected chi connectivity index (χ1v) is 9.19. The van der Waals surface area contributed by atoms with E-state index >= 15 is 0 Å². The molecule has 0 aliphatic rings. The molecule has 0 amide bonds. The van der Waals surface area contributed by atoms with Gasteiger partial charge in [0.25, 0.3) is 0 Å². The lowest BCUT2D eigenvalue weighted by Crippen LogP contribution is -2.26. The maximum Gasteiger partial charge on any atom is 0.240 e. The lowest BCUT2D eigenvalue weighted by atomic mass is 10.3. The molecule has 2 aromatic carbocycles. The number of benzene rings is 2. The maximum atomic E-state index is 12.2. The predicted molar refractivity (Wildman–Crippen MR) is 93.6 cm³/mol. The largest absolute Gasteiger partial charge is 0.304 e. The van der Waals surface area contributed by atoms with Crippen LogP contribution in [0.5, 0.6) is 0 Å². The molecule has 1 aromatic heterocycles. The van der Waals surface area contributed by atoms with Gasteiger partial charge in [-0.25, -0.2) is 18.1 Å². The molecule has 5 nitrogen and oxygen atoms in total. The van der Waals surface area contributed by atoms with Crippen LogP contribution in [-0.4, -0.2) is 24.5 Å². The van der Waals surface area contributed by atoms with Crippen molar-refractivity contribution in [1.82, 2.24) is 14.3 Å². The van der Waals surface area contributed by atoms with Crippen molar-refractivity contribution in [2.24, 2.45) is 0 Å². The topological polar surface area (TPSA) is 64.0 Å². The molecule has 0 aliphatic heterocycles. The molecule has 0 saturated carbocycles. The Bertz CT molecular complexity index is 904. The molecule has 124 valence electrons. The molecule has 1 N–H and O–H groups in total. The molecule has 0 atom stereocenters. The molecule has 6 heteroatoms. The Morgan fingerprint density at radius 1 is 1.00 bits per heavy atom. The molecule has 0 bridgehead atoms. The minimum atomic E-state index is -3.47. The van der Waals surface area contributed by atoms with Crippen LogP contribution < -0.4 is 4.72 Å². The number of nitrogens with one attached hydrogen (secondary N) is 1. The summed E-state index contributed by atoms with van der Waals surface area (Å²) in [4.78, 5) is 4.78. The minimum absolute atomic E-state index is 0.274. The Kier molecular flexibility index (Phi) is 4.78. The van der Waals surface area contributed by atoms with Gasteiger partial charge in [0.2, 0.25) is 10.0 Å². The van der Waals surface area contributed by atoms with E-state index in [0.29, 0.717) is 13.0 Å². The summed E-state index contributed by atoms with van der Waals surface area (Å²) in [5.74, 6) is 0.877. The van der Waals surface area contributed by atoms with E-state index in [1.54, 1.807) is 30.3 Å². The van der Waals surface area contributed by atoms with Crippen LogP contribution >= 0.6 is 0 Å². The molecule has 0 saturated heterocycles.